The fourth-order valence-corrected chi connectivity index (χ4v) is 5.59. The van der Waals surface area contributed by atoms with E-state index in [4.69, 9.17) is 4.74 Å². The number of allylic oxidation sites excluding steroid dienone is 2. The Labute approximate surface area is 160 Å². The molecule has 1 aromatic rings. The third kappa shape index (κ3) is 2.07. The lowest BCUT2D eigenvalue weighted by atomic mass is 9.82. The molecule has 0 aromatic carbocycles. The Morgan fingerprint density at radius 3 is 2.93 bits per heavy atom. The summed E-state index contributed by atoms with van der Waals surface area (Å²) in [5.74, 6) is -0.914. The van der Waals surface area contributed by atoms with Crippen LogP contribution >= 0.6 is 11.3 Å². The number of ether oxygens (including phenoxy) is 1. The van der Waals surface area contributed by atoms with Crippen molar-refractivity contribution in [3.63, 3.8) is 0 Å². The maximum Gasteiger partial charge on any atom is 0.208 e. The number of nitrogens with one attached hydrogen (secondary N) is 2. The van der Waals surface area contributed by atoms with Gasteiger partial charge in [-0.05, 0) is 18.4 Å². The van der Waals surface area contributed by atoms with E-state index in [1.54, 1.807) is 25.4 Å². The van der Waals surface area contributed by atoms with E-state index in [9.17, 15) is 14.7 Å². The van der Waals surface area contributed by atoms with Crippen LogP contribution in [0.25, 0.3) is 0 Å². The summed E-state index contributed by atoms with van der Waals surface area (Å²) in [5, 5.41) is 18.6. The molecule has 3 N–H and O–H groups in total. The Morgan fingerprint density at radius 2 is 2.26 bits per heavy atom. The topological polar surface area (TPSA) is 101 Å². The molecule has 7 nitrogen and oxygen atoms in total. The van der Waals surface area contributed by atoms with Crippen LogP contribution < -0.4 is 10.6 Å². The van der Waals surface area contributed by atoms with Crippen molar-refractivity contribution in [1.82, 2.24) is 15.5 Å². The number of Topliss-reactive ketones (excluding diaryl/α,β-unsaturated/α-hetero) is 2. The molecule has 4 unspecified atom stereocenters. The highest BCUT2D eigenvalue weighted by Crippen LogP contribution is 2.55. The number of hydrogen-bond donors (Lipinski definition) is 3. The number of rotatable bonds is 5. The lowest BCUT2D eigenvalue weighted by molar-refractivity contribution is -0.137. The second-order valence-corrected chi connectivity index (χ2v) is 8.44. The highest BCUT2D eigenvalue weighted by Gasteiger charge is 2.72. The van der Waals surface area contributed by atoms with Crippen LogP contribution in [0.4, 0.5) is 0 Å². The predicted octanol–water partition coefficient (Wildman–Crippen LogP) is 0.138. The summed E-state index contributed by atoms with van der Waals surface area (Å²) in [6, 6.07) is 4.19. The van der Waals surface area contributed by atoms with Gasteiger partial charge in [-0.3, -0.25) is 9.59 Å². The van der Waals surface area contributed by atoms with Crippen LogP contribution in [0.5, 0.6) is 0 Å². The van der Waals surface area contributed by atoms with Gasteiger partial charge in [0.25, 0.3) is 0 Å². The van der Waals surface area contributed by atoms with Crippen molar-refractivity contribution in [2.24, 2.45) is 5.92 Å². The summed E-state index contributed by atoms with van der Waals surface area (Å²) in [6.07, 6.45) is 0. The maximum atomic E-state index is 13.4. The number of thiophene rings is 1. The normalized spacial score (nSPS) is 34.2. The fraction of sp³-hybridized carbons (Fsp3) is 0.474. The van der Waals surface area contributed by atoms with Gasteiger partial charge in [0.1, 0.15) is 0 Å². The first kappa shape index (κ1) is 17.1. The summed E-state index contributed by atoms with van der Waals surface area (Å²) in [5.41, 5.74) is 0.689. The first-order valence-corrected chi connectivity index (χ1v) is 9.93. The van der Waals surface area contributed by atoms with Gasteiger partial charge in [-0.25, -0.2) is 0 Å². The predicted molar refractivity (Wildman–Crippen MR) is 98.6 cm³/mol. The maximum absolute atomic E-state index is 13.4. The van der Waals surface area contributed by atoms with E-state index in [1.165, 1.54) is 0 Å². The minimum absolute atomic E-state index is 0.0219. The number of methoxy groups -OCH3 is 1. The van der Waals surface area contributed by atoms with Gasteiger partial charge in [-0.1, -0.05) is 6.07 Å². The molecule has 2 saturated heterocycles. The molecule has 0 bridgehead atoms. The number of aliphatic hydroxyl groups is 1. The second-order valence-electron chi connectivity index (χ2n) is 7.41. The molecule has 4 heterocycles. The van der Waals surface area contributed by atoms with Crippen molar-refractivity contribution in [1.29, 1.82) is 0 Å². The van der Waals surface area contributed by atoms with E-state index >= 15 is 0 Å². The molecule has 1 aliphatic carbocycles. The minimum Gasteiger partial charge on any atom is -0.396 e. The molecule has 2 fully saturated rings. The number of nitrogens with zero attached hydrogens (tertiary/aromatic N) is 1. The molecule has 3 aliphatic heterocycles. The van der Waals surface area contributed by atoms with Crippen LogP contribution in [0.1, 0.15) is 11.8 Å². The van der Waals surface area contributed by atoms with Crippen LogP contribution in [-0.4, -0.2) is 59.6 Å². The number of aliphatic hydroxyl groups excluding tert-OH is 1. The Hall–Kier alpha value is -2.00. The SMILES string of the molecule is COC12C(CO)C3=C(C(=O)C(C)=C(NCc4cccs4)C3=O)N1CC1NC12. The molecule has 27 heavy (non-hydrogen) atoms. The largest absolute Gasteiger partial charge is 0.396 e. The zero-order valence-corrected chi connectivity index (χ0v) is 15.9. The average molecular weight is 387 g/mol. The molecule has 0 saturated carbocycles. The smallest absolute Gasteiger partial charge is 0.208 e. The van der Waals surface area contributed by atoms with Gasteiger partial charge in [-0.2, -0.15) is 0 Å². The number of ketones is 2. The van der Waals surface area contributed by atoms with E-state index in [-0.39, 0.29) is 30.3 Å². The molecule has 0 spiro atoms. The zero-order chi connectivity index (χ0) is 18.9. The first-order chi connectivity index (χ1) is 13.0. The van der Waals surface area contributed by atoms with Gasteiger partial charge in [0, 0.05) is 42.3 Å². The third-order valence-corrected chi connectivity index (χ3v) is 7.11. The molecular weight excluding hydrogens is 366 g/mol. The summed E-state index contributed by atoms with van der Waals surface area (Å²) in [4.78, 5) is 29.6. The van der Waals surface area contributed by atoms with Gasteiger partial charge in [0.2, 0.25) is 11.6 Å². The molecule has 4 aliphatic rings. The fourth-order valence-electron chi connectivity index (χ4n) is 4.95. The number of carbonyl (C=O) groups is 2. The van der Waals surface area contributed by atoms with Crippen LogP contribution in [0, 0.1) is 5.92 Å². The highest BCUT2D eigenvalue weighted by atomic mass is 32.1. The molecule has 8 heteroatoms. The number of hydrogen-bond acceptors (Lipinski definition) is 8. The quantitative estimate of drug-likeness (QED) is 0.488. The number of fused-ring (bicyclic) bond motifs is 4. The molecule has 1 aromatic heterocycles. The number of carbonyl (C=O) groups excluding carboxylic acids is 2. The van der Waals surface area contributed by atoms with Crippen molar-refractivity contribution >= 4 is 22.9 Å². The van der Waals surface area contributed by atoms with Crippen LogP contribution in [0.15, 0.2) is 40.1 Å². The van der Waals surface area contributed by atoms with Crippen molar-refractivity contribution < 1.29 is 19.4 Å². The van der Waals surface area contributed by atoms with Crippen molar-refractivity contribution in [2.45, 2.75) is 31.3 Å². The molecule has 5 rings (SSSR count). The van der Waals surface area contributed by atoms with Crippen molar-refractivity contribution in [2.75, 3.05) is 20.3 Å². The van der Waals surface area contributed by atoms with Gasteiger partial charge in [-0.15, -0.1) is 11.3 Å². The van der Waals surface area contributed by atoms with E-state index in [1.807, 2.05) is 22.4 Å². The van der Waals surface area contributed by atoms with Crippen LogP contribution in [0.3, 0.4) is 0 Å². The van der Waals surface area contributed by atoms with Gasteiger partial charge < -0.3 is 25.4 Å². The number of piperazine rings is 1. The lowest BCUT2D eigenvalue weighted by Gasteiger charge is -2.39. The standard InChI is InChI=1S/C19H21N3O4S/c1-9-14(20-6-10-4-3-5-27-10)17(25)13-11(8-23)19(26-2)18-12(21-18)7-22(19)15(13)16(9)24/h3-5,11-12,18,20-21,23H,6-8H2,1-2H3. The van der Waals surface area contributed by atoms with Crippen molar-refractivity contribution in [3.8, 4) is 0 Å². The van der Waals surface area contributed by atoms with Crippen LogP contribution in [0.2, 0.25) is 0 Å². The Balaban J connectivity index is 1.53. The van der Waals surface area contributed by atoms with Gasteiger partial charge in [0.15, 0.2) is 5.72 Å². The van der Waals surface area contributed by atoms with E-state index < -0.39 is 11.6 Å². The molecule has 142 valence electrons. The van der Waals surface area contributed by atoms with Gasteiger partial charge >= 0.3 is 0 Å². The van der Waals surface area contributed by atoms with Crippen LogP contribution in [-0.2, 0) is 20.9 Å². The Bertz CT molecular complexity index is 906. The molecule has 4 atom stereocenters. The van der Waals surface area contributed by atoms with E-state index in [0.717, 1.165) is 4.88 Å². The zero-order valence-electron chi connectivity index (χ0n) is 15.1. The second kappa shape index (κ2) is 5.75. The highest BCUT2D eigenvalue weighted by molar-refractivity contribution is 7.09. The summed E-state index contributed by atoms with van der Waals surface area (Å²) < 4.78 is 5.88. The Morgan fingerprint density at radius 1 is 1.44 bits per heavy atom. The summed E-state index contributed by atoms with van der Waals surface area (Å²) in [6.45, 7) is 2.54. The molecule has 0 amide bonds. The Kier molecular flexibility index (Phi) is 3.64. The monoisotopic (exact) mass is 387 g/mol. The lowest BCUT2D eigenvalue weighted by Crippen LogP contribution is -2.54. The van der Waals surface area contributed by atoms with E-state index in [2.05, 4.69) is 10.6 Å². The first-order valence-electron chi connectivity index (χ1n) is 9.05. The minimum atomic E-state index is -0.862. The molecular formula is C19H21N3O4S. The summed E-state index contributed by atoms with van der Waals surface area (Å²) in [7, 11) is 1.59. The average Bonchev–Trinajstić information content (AvgIpc) is 3.04. The molecule has 0 radical (unpaired) electrons. The third-order valence-electron chi connectivity index (χ3n) is 6.24. The summed E-state index contributed by atoms with van der Waals surface area (Å²) >= 11 is 1.59. The van der Waals surface area contributed by atoms with E-state index in [0.29, 0.717) is 35.6 Å². The van der Waals surface area contributed by atoms with Crippen molar-refractivity contribution in [3.05, 3.63) is 44.9 Å². The van der Waals surface area contributed by atoms with Gasteiger partial charge in [0.05, 0.1) is 30.0 Å².